The molecule has 3 aliphatic rings. The van der Waals surface area contributed by atoms with Gasteiger partial charge in [-0.25, -0.2) is 4.79 Å². The fourth-order valence-corrected chi connectivity index (χ4v) is 6.81. The highest BCUT2D eigenvalue weighted by molar-refractivity contribution is 7.10. The number of amides is 1. The maximum absolute atomic E-state index is 13.4. The summed E-state index contributed by atoms with van der Waals surface area (Å²) in [6.07, 6.45) is 6.03. The van der Waals surface area contributed by atoms with Gasteiger partial charge in [0.1, 0.15) is 16.7 Å². The lowest BCUT2D eigenvalue weighted by atomic mass is 9.73. The molecule has 2 N–H and O–H groups in total. The van der Waals surface area contributed by atoms with Crippen LogP contribution in [0.5, 0.6) is 11.5 Å². The number of nitrogens with two attached hydrogens (primary N) is 1. The molecule has 0 aliphatic carbocycles. The largest absolute Gasteiger partial charge is 0.493 e. The van der Waals surface area contributed by atoms with Gasteiger partial charge in [0, 0.05) is 24.4 Å². The molecule has 5 rings (SSSR count). The Hall–Kier alpha value is -3.08. The van der Waals surface area contributed by atoms with Crippen LogP contribution in [0.25, 0.3) is 0 Å². The first-order chi connectivity index (χ1) is 19.6. The number of hydrogen-bond donors (Lipinski definition) is 1. The van der Waals surface area contributed by atoms with Crippen molar-refractivity contribution in [2.45, 2.75) is 76.2 Å². The number of carbonyl (C=O) groups is 2. The van der Waals surface area contributed by atoms with E-state index >= 15 is 0 Å². The van der Waals surface area contributed by atoms with E-state index in [1.807, 2.05) is 55.3 Å². The van der Waals surface area contributed by atoms with Crippen LogP contribution in [-0.2, 0) is 35.6 Å². The van der Waals surface area contributed by atoms with Crippen molar-refractivity contribution in [3.8, 4) is 11.5 Å². The molecule has 3 atom stereocenters. The number of esters is 1. The Labute approximate surface area is 245 Å². The number of methoxy groups -OCH3 is 1. The SMILES string of the molecule is COc1cc2c(cc1OCCCOC1CCCCO1)C1N(CC2)C(C(=O)OC(C)(C)C)=CC1(C(N)=O)c1cccs1. The van der Waals surface area contributed by atoms with Gasteiger partial charge in [0.25, 0.3) is 0 Å². The number of hydrogen-bond acceptors (Lipinski definition) is 9. The van der Waals surface area contributed by atoms with Gasteiger partial charge in [0.15, 0.2) is 17.8 Å². The Morgan fingerprint density at radius 1 is 1.20 bits per heavy atom. The zero-order valence-corrected chi connectivity index (χ0v) is 25.1. The quantitative estimate of drug-likeness (QED) is 0.318. The topological polar surface area (TPSA) is 110 Å². The minimum Gasteiger partial charge on any atom is -0.493 e. The van der Waals surface area contributed by atoms with Gasteiger partial charge in [-0.05, 0) is 87.2 Å². The van der Waals surface area contributed by atoms with Crippen molar-refractivity contribution in [2.75, 3.05) is 33.5 Å². The number of carbonyl (C=O) groups excluding carboxylic acids is 2. The Morgan fingerprint density at radius 3 is 2.68 bits per heavy atom. The van der Waals surface area contributed by atoms with Crippen LogP contribution in [-0.4, -0.2) is 62.1 Å². The molecule has 41 heavy (non-hydrogen) atoms. The third-order valence-electron chi connectivity index (χ3n) is 7.69. The van der Waals surface area contributed by atoms with Crippen LogP contribution in [0.1, 0.15) is 68.5 Å². The van der Waals surface area contributed by atoms with Crippen LogP contribution >= 0.6 is 11.3 Å². The second-order valence-electron chi connectivity index (χ2n) is 11.7. The number of benzene rings is 1. The molecule has 9 nitrogen and oxygen atoms in total. The standard InChI is InChI=1S/C31H40N2O7S/c1-30(2,3)40-28(34)22-19-31(29(32)35,25-9-7-16-41-25)27-21-18-24(23(36-4)17-20(21)11-12-33(22)27)37-14-8-15-39-26-10-5-6-13-38-26/h7,9,16-19,26-27H,5-6,8,10-15H2,1-4H3,(H2,32,35). The van der Waals surface area contributed by atoms with E-state index in [4.69, 9.17) is 29.4 Å². The highest BCUT2D eigenvalue weighted by atomic mass is 32.1. The lowest BCUT2D eigenvalue weighted by Gasteiger charge is -2.42. The van der Waals surface area contributed by atoms with Gasteiger partial charge in [0.05, 0.1) is 26.4 Å². The molecule has 0 spiro atoms. The predicted molar refractivity (Wildman–Crippen MR) is 155 cm³/mol. The summed E-state index contributed by atoms with van der Waals surface area (Å²) in [6.45, 7) is 7.69. The molecule has 4 heterocycles. The minimum atomic E-state index is -1.25. The molecule has 1 aromatic heterocycles. The van der Waals surface area contributed by atoms with E-state index in [1.54, 1.807) is 13.2 Å². The van der Waals surface area contributed by atoms with Crippen molar-refractivity contribution < 1.29 is 33.3 Å². The number of rotatable bonds is 10. The maximum Gasteiger partial charge on any atom is 0.354 e. The van der Waals surface area contributed by atoms with Crippen LogP contribution in [0, 0.1) is 0 Å². The monoisotopic (exact) mass is 584 g/mol. The molecule has 1 fully saturated rings. The van der Waals surface area contributed by atoms with Crippen LogP contribution < -0.4 is 15.2 Å². The van der Waals surface area contributed by atoms with E-state index in [9.17, 15) is 9.59 Å². The van der Waals surface area contributed by atoms with Gasteiger partial charge >= 0.3 is 5.97 Å². The average molecular weight is 585 g/mol. The molecule has 222 valence electrons. The molecule has 3 aliphatic heterocycles. The molecule has 0 bridgehead atoms. The van der Waals surface area contributed by atoms with Crippen molar-refractivity contribution in [3.05, 3.63) is 57.4 Å². The van der Waals surface area contributed by atoms with Crippen molar-refractivity contribution >= 4 is 23.2 Å². The summed E-state index contributed by atoms with van der Waals surface area (Å²) in [5, 5.41) is 1.91. The molecule has 1 saturated heterocycles. The Morgan fingerprint density at radius 2 is 2.02 bits per heavy atom. The van der Waals surface area contributed by atoms with Gasteiger partial charge in [-0.1, -0.05) is 6.07 Å². The van der Waals surface area contributed by atoms with Crippen LogP contribution in [0.15, 0.2) is 41.4 Å². The summed E-state index contributed by atoms with van der Waals surface area (Å²) in [4.78, 5) is 29.6. The normalized spacial score (nSPS) is 23.8. The van der Waals surface area contributed by atoms with Crippen molar-refractivity contribution in [2.24, 2.45) is 5.73 Å². The predicted octanol–water partition coefficient (Wildman–Crippen LogP) is 4.63. The summed E-state index contributed by atoms with van der Waals surface area (Å²) in [7, 11) is 1.62. The highest BCUT2D eigenvalue weighted by Gasteiger charge is 2.57. The smallest absolute Gasteiger partial charge is 0.354 e. The summed E-state index contributed by atoms with van der Waals surface area (Å²) >= 11 is 1.44. The first-order valence-corrected chi connectivity index (χ1v) is 15.2. The van der Waals surface area contributed by atoms with Crippen molar-refractivity contribution in [1.82, 2.24) is 4.90 Å². The number of fused-ring (bicyclic) bond motifs is 3. The number of ether oxygens (including phenoxy) is 5. The third-order valence-corrected chi connectivity index (χ3v) is 8.71. The number of primary amides is 1. The van der Waals surface area contributed by atoms with Gasteiger partial charge in [-0.15, -0.1) is 11.3 Å². The van der Waals surface area contributed by atoms with Crippen LogP contribution in [0.3, 0.4) is 0 Å². The summed E-state index contributed by atoms with van der Waals surface area (Å²) < 4.78 is 29.2. The second-order valence-corrected chi connectivity index (χ2v) is 12.6. The van der Waals surface area contributed by atoms with Crippen LogP contribution in [0.4, 0.5) is 0 Å². The van der Waals surface area contributed by atoms with Gasteiger partial charge < -0.3 is 34.3 Å². The lowest BCUT2D eigenvalue weighted by molar-refractivity contribution is -0.163. The van der Waals surface area contributed by atoms with E-state index in [-0.39, 0.29) is 6.29 Å². The zero-order chi connectivity index (χ0) is 29.2. The Bertz CT molecular complexity index is 1280. The van der Waals surface area contributed by atoms with Crippen molar-refractivity contribution in [1.29, 1.82) is 0 Å². The van der Waals surface area contributed by atoms with E-state index in [0.717, 1.165) is 41.9 Å². The highest BCUT2D eigenvalue weighted by Crippen LogP contribution is 2.55. The van der Waals surface area contributed by atoms with E-state index in [1.165, 1.54) is 11.3 Å². The molecule has 1 amide bonds. The third kappa shape index (κ3) is 5.96. The van der Waals surface area contributed by atoms with E-state index in [0.29, 0.717) is 49.8 Å². The van der Waals surface area contributed by atoms with E-state index < -0.39 is 28.9 Å². The minimum absolute atomic E-state index is 0.138. The molecule has 3 unspecified atom stereocenters. The average Bonchev–Trinajstić information content (AvgIpc) is 3.59. The molecule has 1 aromatic carbocycles. The molecular formula is C31H40N2O7S. The molecule has 10 heteroatoms. The molecule has 0 radical (unpaired) electrons. The van der Waals surface area contributed by atoms with E-state index in [2.05, 4.69) is 0 Å². The summed E-state index contributed by atoms with van der Waals surface area (Å²) in [6, 6.07) is 7.16. The first kappa shape index (κ1) is 29.4. The fraction of sp³-hybridized carbons (Fsp3) is 0.548. The Balaban J connectivity index is 1.45. The maximum atomic E-state index is 13.4. The molecule has 0 saturated carbocycles. The first-order valence-electron chi connectivity index (χ1n) is 14.3. The van der Waals surface area contributed by atoms with Gasteiger partial charge in [-0.3, -0.25) is 4.79 Å². The Kier molecular flexibility index (Phi) is 8.63. The number of nitrogens with zero attached hydrogens (tertiary/aromatic N) is 1. The fourth-order valence-electron chi connectivity index (χ4n) is 5.88. The number of thiophene rings is 1. The van der Waals surface area contributed by atoms with Crippen molar-refractivity contribution in [3.63, 3.8) is 0 Å². The zero-order valence-electron chi connectivity index (χ0n) is 24.3. The lowest BCUT2D eigenvalue weighted by Crippen LogP contribution is -2.48. The van der Waals surface area contributed by atoms with Gasteiger partial charge in [0.2, 0.25) is 5.91 Å². The summed E-state index contributed by atoms with van der Waals surface area (Å²) in [5.41, 5.74) is 6.51. The second kappa shape index (κ2) is 12.0. The molecular weight excluding hydrogens is 544 g/mol. The van der Waals surface area contributed by atoms with Gasteiger partial charge in [-0.2, -0.15) is 0 Å². The molecule has 2 aromatic rings. The van der Waals surface area contributed by atoms with Crippen LogP contribution in [0.2, 0.25) is 0 Å². The summed E-state index contributed by atoms with van der Waals surface area (Å²) in [5.74, 6) is 0.185.